The summed E-state index contributed by atoms with van der Waals surface area (Å²) in [5, 5.41) is 8.27. The Morgan fingerprint density at radius 2 is 2.00 bits per heavy atom. The maximum atomic E-state index is 5.72. The molecule has 0 aliphatic heterocycles. The quantitative estimate of drug-likeness (QED) is 0.678. The highest BCUT2D eigenvalue weighted by Gasteiger charge is 2.15. The fourth-order valence-electron chi connectivity index (χ4n) is 2.25. The smallest absolute Gasteiger partial charge is 0.153 e. The van der Waals surface area contributed by atoms with Gasteiger partial charge in [0.05, 0.1) is 12.9 Å². The third-order valence-electron chi connectivity index (χ3n) is 3.28. The Bertz CT molecular complexity index is 692. The molecule has 2 heterocycles. The fourth-order valence-corrected chi connectivity index (χ4v) is 2.25. The van der Waals surface area contributed by atoms with Gasteiger partial charge in [0.15, 0.2) is 5.76 Å². The van der Waals surface area contributed by atoms with Crippen molar-refractivity contribution in [1.29, 1.82) is 0 Å². The Labute approximate surface area is 128 Å². The molecule has 1 aromatic carbocycles. The lowest BCUT2D eigenvalue weighted by Gasteiger charge is -2.07. The molecule has 114 valence electrons. The summed E-state index contributed by atoms with van der Waals surface area (Å²) in [6.45, 7) is 1.63. The molecule has 6 nitrogen and oxygen atoms in total. The molecule has 0 unspecified atom stereocenters. The van der Waals surface area contributed by atoms with Gasteiger partial charge in [-0.2, -0.15) is 0 Å². The van der Waals surface area contributed by atoms with Gasteiger partial charge in [-0.1, -0.05) is 23.4 Å². The van der Waals surface area contributed by atoms with Crippen LogP contribution in [0.4, 0.5) is 0 Å². The van der Waals surface area contributed by atoms with Crippen LogP contribution in [0.3, 0.4) is 0 Å². The molecule has 0 atom stereocenters. The first-order chi connectivity index (χ1) is 10.9. The van der Waals surface area contributed by atoms with Crippen molar-refractivity contribution in [3.8, 4) is 17.2 Å². The molecule has 3 aromatic rings. The highest BCUT2D eigenvalue weighted by molar-refractivity contribution is 5.55. The largest absolute Gasteiger partial charge is 0.494 e. The second kappa shape index (κ2) is 6.91. The highest BCUT2D eigenvalue weighted by Crippen LogP contribution is 2.22. The third-order valence-corrected chi connectivity index (χ3v) is 3.28. The first-order valence-electron chi connectivity index (χ1n) is 7.22. The van der Waals surface area contributed by atoms with Gasteiger partial charge in [-0.15, -0.1) is 5.10 Å². The van der Waals surface area contributed by atoms with E-state index in [0.717, 1.165) is 29.3 Å². The Morgan fingerprint density at radius 3 is 2.73 bits per heavy atom. The fraction of sp³-hybridized carbons (Fsp3) is 0.250. The van der Waals surface area contributed by atoms with E-state index in [0.29, 0.717) is 19.7 Å². The van der Waals surface area contributed by atoms with Crippen LogP contribution in [0.5, 0.6) is 5.75 Å². The van der Waals surface area contributed by atoms with Crippen LogP contribution in [0.1, 0.15) is 12.1 Å². The van der Waals surface area contributed by atoms with Crippen molar-refractivity contribution in [1.82, 2.24) is 15.0 Å². The summed E-state index contributed by atoms with van der Waals surface area (Å²) in [7, 11) is 0. The van der Waals surface area contributed by atoms with Crippen LogP contribution in [-0.4, -0.2) is 21.6 Å². The summed E-state index contributed by atoms with van der Waals surface area (Å²) < 4.78 is 12.9. The van der Waals surface area contributed by atoms with Crippen LogP contribution >= 0.6 is 0 Å². The topological polar surface area (TPSA) is 79.1 Å². The van der Waals surface area contributed by atoms with Gasteiger partial charge >= 0.3 is 0 Å². The van der Waals surface area contributed by atoms with Crippen LogP contribution in [0.2, 0.25) is 0 Å². The second-order valence-corrected chi connectivity index (χ2v) is 4.80. The predicted molar refractivity (Wildman–Crippen MR) is 82.2 cm³/mol. The molecule has 0 saturated heterocycles. The maximum absolute atomic E-state index is 5.72. The number of aryl methyl sites for hydroxylation is 1. The monoisotopic (exact) mass is 298 g/mol. The minimum absolute atomic E-state index is 0.330. The summed E-state index contributed by atoms with van der Waals surface area (Å²) in [4.78, 5) is 0. The zero-order chi connectivity index (χ0) is 15.2. The summed E-state index contributed by atoms with van der Waals surface area (Å²) in [5.74, 6) is 1.60. The van der Waals surface area contributed by atoms with Crippen LogP contribution in [0.15, 0.2) is 53.1 Å². The van der Waals surface area contributed by atoms with E-state index in [2.05, 4.69) is 10.3 Å². The highest BCUT2D eigenvalue weighted by atomic mass is 16.5. The Hall–Kier alpha value is -2.60. The van der Waals surface area contributed by atoms with Gasteiger partial charge in [0.2, 0.25) is 0 Å². The second-order valence-electron chi connectivity index (χ2n) is 4.80. The van der Waals surface area contributed by atoms with E-state index < -0.39 is 0 Å². The van der Waals surface area contributed by atoms with E-state index in [1.807, 2.05) is 47.1 Å². The van der Waals surface area contributed by atoms with Gasteiger partial charge in [-0.25, -0.2) is 4.68 Å². The summed E-state index contributed by atoms with van der Waals surface area (Å²) in [6, 6.07) is 13.5. The van der Waals surface area contributed by atoms with E-state index in [9.17, 15) is 0 Å². The molecule has 3 rings (SSSR count). The molecule has 0 fully saturated rings. The first kappa shape index (κ1) is 14.3. The summed E-state index contributed by atoms with van der Waals surface area (Å²) >= 11 is 0. The van der Waals surface area contributed by atoms with E-state index >= 15 is 0 Å². The third kappa shape index (κ3) is 3.17. The van der Waals surface area contributed by atoms with E-state index in [1.54, 1.807) is 6.26 Å². The molecule has 0 aliphatic rings. The lowest BCUT2D eigenvalue weighted by Crippen LogP contribution is -2.08. The minimum Gasteiger partial charge on any atom is -0.494 e. The minimum atomic E-state index is 0.330. The first-order valence-corrected chi connectivity index (χ1v) is 7.22. The number of furan rings is 1. The molecule has 0 saturated carbocycles. The molecular formula is C16H18N4O2. The average molecular weight is 298 g/mol. The molecule has 22 heavy (non-hydrogen) atoms. The van der Waals surface area contributed by atoms with Crippen LogP contribution in [0.25, 0.3) is 11.5 Å². The van der Waals surface area contributed by atoms with Crippen LogP contribution in [0, 0.1) is 0 Å². The number of aromatic nitrogens is 3. The van der Waals surface area contributed by atoms with Crippen molar-refractivity contribution in [3.05, 3.63) is 54.4 Å². The van der Waals surface area contributed by atoms with E-state index in [1.165, 1.54) is 0 Å². The number of hydrogen-bond donors (Lipinski definition) is 1. The van der Waals surface area contributed by atoms with Crippen LogP contribution < -0.4 is 10.5 Å². The molecule has 0 bridgehead atoms. The predicted octanol–water partition coefficient (Wildman–Crippen LogP) is 2.47. The molecule has 0 spiro atoms. The number of hydrogen-bond acceptors (Lipinski definition) is 5. The van der Waals surface area contributed by atoms with Crippen molar-refractivity contribution in [3.63, 3.8) is 0 Å². The van der Waals surface area contributed by atoms with Gasteiger partial charge in [-0.05, 0) is 24.3 Å². The number of benzene rings is 1. The van der Waals surface area contributed by atoms with Gasteiger partial charge in [0.1, 0.15) is 17.1 Å². The maximum Gasteiger partial charge on any atom is 0.153 e. The lowest BCUT2D eigenvalue weighted by molar-refractivity contribution is 0.298. The molecule has 0 amide bonds. The number of rotatable bonds is 7. The van der Waals surface area contributed by atoms with Crippen molar-refractivity contribution in [2.75, 3.05) is 6.61 Å². The number of nitrogens with two attached hydrogens (primary N) is 1. The van der Waals surface area contributed by atoms with Crippen molar-refractivity contribution >= 4 is 0 Å². The zero-order valence-corrected chi connectivity index (χ0v) is 12.2. The number of ether oxygens (including phenoxy) is 1. The summed E-state index contributed by atoms with van der Waals surface area (Å²) in [6.07, 6.45) is 2.45. The molecule has 2 N–H and O–H groups in total. The zero-order valence-electron chi connectivity index (χ0n) is 12.2. The van der Waals surface area contributed by atoms with Gasteiger partial charge in [0.25, 0.3) is 0 Å². The average Bonchev–Trinajstić information content (AvgIpc) is 3.21. The molecule has 6 heteroatoms. The Kier molecular flexibility index (Phi) is 4.50. The van der Waals surface area contributed by atoms with E-state index in [4.69, 9.17) is 14.9 Å². The van der Waals surface area contributed by atoms with Crippen molar-refractivity contribution < 1.29 is 9.15 Å². The van der Waals surface area contributed by atoms with Gasteiger partial charge in [0, 0.05) is 19.5 Å². The molecule has 0 aliphatic carbocycles. The number of para-hydroxylation sites is 1. The van der Waals surface area contributed by atoms with Gasteiger partial charge in [-0.3, -0.25) is 0 Å². The molecular weight excluding hydrogens is 280 g/mol. The lowest BCUT2D eigenvalue weighted by atomic mass is 10.2. The van der Waals surface area contributed by atoms with Gasteiger partial charge < -0.3 is 14.9 Å². The normalized spacial score (nSPS) is 10.8. The molecule has 2 aromatic heterocycles. The van der Waals surface area contributed by atoms with Crippen molar-refractivity contribution in [2.24, 2.45) is 5.73 Å². The number of nitrogens with zero attached hydrogens (tertiary/aromatic N) is 3. The Balaban J connectivity index is 1.62. The van der Waals surface area contributed by atoms with E-state index in [-0.39, 0.29) is 0 Å². The summed E-state index contributed by atoms with van der Waals surface area (Å²) in [5.41, 5.74) is 7.29. The SMILES string of the molecule is NCc1nnn(CCCOc2ccccc2)c1-c1ccco1. The van der Waals surface area contributed by atoms with Crippen LogP contribution in [-0.2, 0) is 13.1 Å². The standard InChI is InChI=1S/C16H18N4O2/c17-12-14-16(15-8-4-10-22-15)20(19-18-14)9-5-11-21-13-6-2-1-3-7-13/h1-4,6-8,10H,5,9,11-12,17H2. The Morgan fingerprint density at radius 1 is 1.14 bits per heavy atom. The molecule has 0 radical (unpaired) electrons. The van der Waals surface area contributed by atoms with Crippen molar-refractivity contribution in [2.45, 2.75) is 19.5 Å².